The van der Waals surface area contributed by atoms with E-state index >= 15 is 0 Å². The van der Waals surface area contributed by atoms with E-state index in [0.717, 1.165) is 0 Å². The van der Waals surface area contributed by atoms with Gasteiger partial charge in [-0.05, 0) is 12.1 Å². The van der Waals surface area contributed by atoms with Crippen LogP contribution >= 0.6 is 23.2 Å². The second-order valence-electron chi connectivity index (χ2n) is 2.54. The van der Waals surface area contributed by atoms with Crippen LogP contribution in [0.4, 0.5) is 0 Å². The molecule has 0 aliphatic rings. The number of nitrogens with two attached hydrogens (primary N) is 2. The van der Waals surface area contributed by atoms with Crippen LogP contribution in [0.15, 0.2) is 12.1 Å². The maximum atomic E-state index is 10.9. The van der Waals surface area contributed by atoms with Crippen LogP contribution in [0.25, 0.3) is 0 Å². The van der Waals surface area contributed by atoms with Crippen LogP contribution in [0.5, 0.6) is 0 Å². The van der Waals surface area contributed by atoms with Gasteiger partial charge < -0.3 is 69.1 Å². The summed E-state index contributed by atoms with van der Waals surface area (Å²) >= 11 is 11.3. The molecule has 16 N–H and O–H groups in total. The molecule has 0 aromatic heterocycles. The van der Waals surface area contributed by atoms with E-state index in [1.54, 1.807) is 0 Å². The van der Waals surface area contributed by atoms with E-state index in [-0.39, 0.29) is 95.6 Å². The molecule has 145 valence electrons. The van der Waals surface area contributed by atoms with E-state index in [9.17, 15) is 9.59 Å². The van der Waals surface area contributed by atoms with Gasteiger partial charge in [0.05, 0.1) is 21.2 Å². The summed E-state index contributed by atoms with van der Waals surface area (Å²) in [5.74, 6) is -1.56. The predicted molar refractivity (Wildman–Crippen MR) is 75.2 cm³/mol. The Morgan fingerprint density at radius 2 is 0.870 bits per heavy atom. The van der Waals surface area contributed by atoms with Crippen molar-refractivity contribution in [3.63, 3.8) is 0 Å². The number of primary amides is 2. The van der Waals surface area contributed by atoms with Crippen molar-refractivity contribution in [1.82, 2.24) is 0 Å². The van der Waals surface area contributed by atoms with Crippen molar-refractivity contribution in [2.45, 2.75) is 0 Å². The summed E-state index contributed by atoms with van der Waals surface area (Å²) in [5.41, 5.74) is 9.98. The molecule has 2 amide bonds. The number of halogens is 4. The smallest absolute Gasteiger partial charge is 1.00 e. The van der Waals surface area contributed by atoms with Gasteiger partial charge in [0.2, 0.25) is 11.8 Å². The van der Waals surface area contributed by atoms with Gasteiger partial charge in [-0.15, -0.1) is 0 Å². The molecule has 1 aromatic carbocycles. The fourth-order valence-corrected chi connectivity index (χ4v) is 1.28. The Balaban J connectivity index is -0.0000000311. The summed E-state index contributed by atoms with van der Waals surface area (Å²) in [6, 6.07) is 2.43. The van der Waals surface area contributed by atoms with Gasteiger partial charge in [-0.25, -0.2) is 0 Å². The van der Waals surface area contributed by atoms with Crippen molar-refractivity contribution < 1.29 is 84.0 Å². The summed E-state index contributed by atoms with van der Waals surface area (Å²) in [5, 5.41) is 0.288. The maximum Gasteiger partial charge on any atom is 2.00 e. The fourth-order valence-electron chi connectivity index (χ4n) is 0.955. The zero-order valence-corrected chi connectivity index (χ0v) is 15.0. The number of benzene rings is 1. The molecule has 0 saturated heterocycles. The van der Waals surface area contributed by atoms with Gasteiger partial charge in [0.25, 0.3) is 0 Å². The quantitative estimate of drug-likeness (QED) is 0.425. The van der Waals surface area contributed by atoms with E-state index in [1.807, 2.05) is 0 Å². The molecule has 0 aliphatic heterocycles. The van der Waals surface area contributed by atoms with E-state index in [1.165, 1.54) is 12.1 Å². The normalized spacial score (nSPS) is 6.00. The largest absolute Gasteiger partial charge is 2.00 e. The average molecular weight is 471 g/mol. The Morgan fingerprint density at radius 3 is 1.00 bits per heavy atom. The molecule has 0 saturated carbocycles. The third-order valence-electron chi connectivity index (χ3n) is 1.59. The maximum absolute atomic E-state index is 10.9. The van der Waals surface area contributed by atoms with Gasteiger partial charge in [0, 0.05) is 0 Å². The molecule has 1 rings (SSSR count). The molecular weight excluding hydrogens is 453 g/mol. The Hall–Kier alpha value is -0.414. The van der Waals surface area contributed by atoms with Gasteiger partial charge >= 0.3 is 16.8 Å². The summed E-state index contributed by atoms with van der Waals surface area (Å²) in [7, 11) is 0. The minimum absolute atomic E-state index is 0. The Kier molecular flexibility index (Phi) is 59.1. The SMILES string of the molecule is NC(=O)c1cc(Cl)c(Cl)cc1C(N)=O.O.O.O.O.O.O.[Cl-].[Cl-].[Co+2]. The van der Waals surface area contributed by atoms with Crippen LogP contribution in [-0.4, -0.2) is 44.7 Å². The molecule has 15 heteroatoms. The van der Waals surface area contributed by atoms with Crippen molar-refractivity contribution >= 4 is 35.0 Å². The first-order chi connectivity index (χ1) is 6.43. The van der Waals surface area contributed by atoms with Gasteiger partial charge in [-0.1, -0.05) is 23.2 Å². The molecule has 23 heavy (non-hydrogen) atoms. The first-order valence-electron chi connectivity index (χ1n) is 3.52. The van der Waals surface area contributed by atoms with Crippen molar-refractivity contribution in [2.75, 3.05) is 0 Å². The zero-order valence-electron chi connectivity index (χ0n) is 11.0. The third-order valence-corrected chi connectivity index (χ3v) is 2.31. The molecule has 0 spiro atoms. The number of hydrogen-bond donors (Lipinski definition) is 2. The minimum atomic E-state index is -0.780. The van der Waals surface area contributed by atoms with Crippen LogP contribution in [0.3, 0.4) is 0 Å². The van der Waals surface area contributed by atoms with Crippen LogP contribution < -0.4 is 36.3 Å². The van der Waals surface area contributed by atoms with Crippen LogP contribution in [0.2, 0.25) is 10.0 Å². The standard InChI is InChI=1S/C8H6Cl2N2O2.2ClH.Co.6H2O/c9-5-1-3(7(11)13)4(8(12)14)2-6(5)10;;;;;;;;;/h1-2H,(H2,11,13)(H2,12,14);2*1H;;6*1H2/q;;;+2;;;;;;/p-2. The second kappa shape index (κ2) is 23.8. The van der Waals surface area contributed by atoms with Crippen molar-refractivity contribution in [3.05, 3.63) is 33.3 Å². The average Bonchev–Trinajstić information content (AvgIpc) is 2.08. The van der Waals surface area contributed by atoms with Gasteiger partial charge in [0.1, 0.15) is 0 Å². The monoisotopic (exact) mass is 469 g/mol. The third kappa shape index (κ3) is 14.9. The molecule has 0 atom stereocenters. The molecule has 1 aromatic rings. The molecule has 0 fully saturated rings. The molecule has 10 nitrogen and oxygen atoms in total. The first kappa shape index (κ1) is 57.0. The molecular formula is C8H18Cl4CoN2O8. The Labute approximate surface area is 163 Å². The number of carbonyl (C=O) groups excluding carboxylic acids is 2. The topological polar surface area (TPSA) is 275 Å². The molecule has 1 radical (unpaired) electrons. The summed E-state index contributed by atoms with van der Waals surface area (Å²) < 4.78 is 0. The van der Waals surface area contributed by atoms with E-state index < -0.39 is 11.8 Å². The summed E-state index contributed by atoms with van der Waals surface area (Å²) in [6.07, 6.45) is 0. The minimum Gasteiger partial charge on any atom is -1.00 e. The zero-order chi connectivity index (χ0) is 10.9. The van der Waals surface area contributed by atoms with Crippen LogP contribution in [-0.2, 0) is 16.8 Å². The van der Waals surface area contributed by atoms with Gasteiger partial charge in [-0.3, -0.25) is 9.59 Å². The van der Waals surface area contributed by atoms with E-state index in [0.29, 0.717) is 0 Å². The van der Waals surface area contributed by atoms with Gasteiger partial charge in [-0.2, -0.15) is 0 Å². The fraction of sp³-hybridized carbons (Fsp3) is 0. The van der Waals surface area contributed by atoms with Crippen molar-refractivity contribution in [1.29, 1.82) is 0 Å². The molecule has 0 unspecified atom stereocenters. The molecule has 0 bridgehead atoms. The van der Waals surface area contributed by atoms with Crippen molar-refractivity contribution in [3.8, 4) is 0 Å². The second-order valence-corrected chi connectivity index (χ2v) is 3.35. The number of rotatable bonds is 2. The Bertz CT molecular complexity index is 402. The molecule has 0 heterocycles. The van der Waals surface area contributed by atoms with Gasteiger partial charge in [0.15, 0.2) is 0 Å². The van der Waals surface area contributed by atoms with Crippen molar-refractivity contribution in [2.24, 2.45) is 11.5 Å². The van der Waals surface area contributed by atoms with E-state index in [2.05, 4.69) is 0 Å². The van der Waals surface area contributed by atoms with Crippen LogP contribution in [0, 0.1) is 0 Å². The number of amides is 2. The summed E-state index contributed by atoms with van der Waals surface area (Å²) in [6.45, 7) is 0. The van der Waals surface area contributed by atoms with Crippen LogP contribution in [0.1, 0.15) is 20.7 Å². The Morgan fingerprint density at radius 1 is 0.696 bits per heavy atom. The number of hydrogen-bond acceptors (Lipinski definition) is 2. The number of carbonyl (C=O) groups is 2. The predicted octanol–water partition coefficient (Wildman–Crippen LogP) is -9.75. The van der Waals surface area contributed by atoms with E-state index in [4.69, 9.17) is 34.7 Å². The summed E-state index contributed by atoms with van der Waals surface area (Å²) in [4.78, 5) is 21.8. The first-order valence-corrected chi connectivity index (χ1v) is 4.27. The molecule has 0 aliphatic carbocycles.